The van der Waals surface area contributed by atoms with Crippen LogP contribution in [0.3, 0.4) is 0 Å². The van der Waals surface area contributed by atoms with Crippen molar-refractivity contribution >= 4 is 49.2 Å². The lowest BCUT2D eigenvalue weighted by Gasteiger charge is -2.28. The molecule has 22 nitrogen and oxygen atoms in total. The molecule has 0 saturated carbocycles. The number of anilines is 2. The fourth-order valence-corrected chi connectivity index (χ4v) is 7.24. The summed E-state index contributed by atoms with van der Waals surface area (Å²) in [4.78, 5) is 52.1. The molecule has 3 saturated heterocycles. The van der Waals surface area contributed by atoms with Crippen molar-refractivity contribution in [1.82, 2.24) is 34.1 Å². The zero-order valence-corrected chi connectivity index (χ0v) is 24.3. The van der Waals surface area contributed by atoms with E-state index in [4.69, 9.17) is 39.5 Å². The minimum atomic E-state index is -4.79. The van der Waals surface area contributed by atoms with Crippen molar-refractivity contribution in [1.29, 1.82) is 0 Å². The Morgan fingerprint density at radius 3 is 1.96 bits per heavy atom. The summed E-state index contributed by atoms with van der Waals surface area (Å²) in [5.74, 6) is -0.269. The fourth-order valence-electron chi connectivity index (χ4n) is 5.24. The third-order valence-electron chi connectivity index (χ3n) is 7.21. The third-order valence-corrected chi connectivity index (χ3v) is 9.31. The maximum Gasteiger partial charge on any atom is 0.354 e. The molecule has 242 valence electrons. The van der Waals surface area contributed by atoms with Gasteiger partial charge in [-0.15, -0.1) is 0 Å². The van der Waals surface area contributed by atoms with Crippen LogP contribution in [0.5, 0.6) is 0 Å². The van der Waals surface area contributed by atoms with E-state index in [1.54, 1.807) is 0 Å². The average molecular weight is 673 g/mol. The number of nitrogens with one attached hydrogen (secondary N) is 1. The second-order valence-electron chi connectivity index (χ2n) is 10.3. The zero-order chi connectivity index (χ0) is 31.8. The zero-order valence-electron chi connectivity index (χ0n) is 22.5. The summed E-state index contributed by atoms with van der Waals surface area (Å²) in [6, 6.07) is 1.51. The number of H-pyrrole nitrogens is 1. The molecule has 7 heterocycles. The number of hydrogen-bond donors (Lipinski definition) is 7. The smallest absolute Gasteiger partial charge is 0.354 e. The maximum atomic E-state index is 13.2. The van der Waals surface area contributed by atoms with Gasteiger partial charge in [0.2, 0.25) is 5.95 Å². The fraction of sp³-hybridized carbons (Fsp3) is 0.476. The minimum Gasteiger partial charge on any atom is -0.397 e. The molecular formula is C21H25N9O13P2. The first-order chi connectivity index (χ1) is 21.3. The number of ether oxygens (including phenoxy) is 4. The van der Waals surface area contributed by atoms with Crippen molar-refractivity contribution in [3.8, 4) is 0 Å². The normalized spacial score (nSPS) is 37.7. The van der Waals surface area contributed by atoms with Crippen LogP contribution in [0.15, 0.2) is 29.7 Å². The van der Waals surface area contributed by atoms with Gasteiger partial charge in [0.15, 0.2) is 54.5 Å². The van der Waals surface area contributed by atoms with Crippen molar-refractivity contribution < 1.29 is 57.1 Å². The van der Waals surface area contributed by atoms with Crippen LogP contribution in [0.25, 0.3) is 22.3 Å². The number of nitrogen functional groups attached to an aromatic ring is 2. The lowest BCUT2D eigenvalue weighted by molar-refractivity contribution is -0.178. The summed E-state index contributed by atoms with van der Waals surface area (Å²) in [5, 5.41) is 22.2. The number of imidazole rings is 2. The highest BCUT2D eigenvalue weighted by atomic mass is 31.2. The predicted molar refractivity (Wildman–Crippen MR) is 146 cm³/mol. The predicted octanol–water partition coefficient (Wildman–Crippen LogP) is -1.74. The van der Waals surface area contributed by atoms with Gasteiger partial charge in [-0.05, 0) is 6.07 Å². The molecule has 0 radical (unpaired) electrons. The summed E-state index contributed by atoms with van der Waals surface area (Å²) < 4.78 is 61.7. The van der Waals surface area contributed by atoms with Crippen LogP contribution in [0.2, 0.25) is 0 Å². The highest BCUT2D eigenvalue weighted by Gasteiger charge is 2.54. The van der Waals surface area contributed by atoms with E-state index < -0.39 is 82.9 Å². The summed E-state index contributed by atoms with van der Waals surface area (Å²) in [7, 11) is -9.58. The minimum absolute atomic E-state index is 0.110. The molecule has 0 amide bonds. The lowest BCUT2D eigenvalue weighted by Crippen LogP contribution is -2.38. The van der Waals surface area contributed by atoms with Crippen molar-refractivity contribution in [2.75, 3.05) is 24.2 Å². The molecule has 0 aliphatic carbocycles. The standard InChI is InChI=1S/C21H25N9O13P2/c22-7-1-2-24-14-8(7)25-3-29(14)17-10(31)12-19(40-17)38-5-45(36,37)43-13-11(32)18(41-20(13)39-6-44(34,35)42-12)30-4-26-9-15(30)27-21(23)28-16(9)33/h1-4,10-13,17-20,31-32H,5-6H2,(H2,22,24)(H,34,35)(H,36,37)(H3,23,27,28,33)/t10?,11?,12-,13-,17-,18-,19+,20+/m1/s1. The molecular weight excluding hydrogens is 648 g/mol. The van der Waals surface area contributed by atoms with Gasteiger partial charge in [0.05, 0.1) is 18.3 Å². The summed E-state index contributed by atoms with van der Waals surface area (Å²) in [5.41, 5.74) is 11.4. The number of aromatic amines is 1. The number of aliphatic hydroxyl groups is 2. The van der Waals surface area contributed by atoms with Crippen LogP contribution < -0.4 is 17.0 Å². The van der Waals surface area contributed by atoms with Gasteiger partial charge in [0.1, 0.15) is 29.9 Å². The molecule has 10 atom stereocenters. The molecule has 0 spiro atoms. The number of nitrogens with zero attached hydrogens (tertiary/aromatic N) is 6. The van der Waals surface area contributed by atoms with Gasteiger partial charge in [-0.25, -0.2) is 15.0 Å². The van der Waals surface area contributed by atoms with Crippen LogP contribution >= 0.6 is 15.2 Å². The van der Waals surface area contributed by atoms with E-state index in [-0.39, 0.29) is 34.0 Å². The van der Waals surface area contributed by atoms with Crippen LogP contribution in [0.4, 0.5) is 11.6 Å². The third kappa shape index (κ3) is 5.33. The number of nitrogens with two attached hydrogens (primary N) is 2. The van der Waals surface area contributed by atoms with Crippen molar-refractivity contribution in [3.05, 3.63) is 35.3 Å². The summed E-state index contributed by atoms with van der Waals surface area (Å²) in [6.07, 6.45) is -11.6. The molecule has 45 heavy (non-hydrogen) atoms. The molecule has 3 aliphatic heterocycles. The van der Waals surface area contributed by atoms with E-state index in [0.29, 0.717) is 0 Å². The van der Waals surface area contributed by atoms with E-state index in [1.165, 1.54) is 23.2 Å². The molecule has 9 N–H and O–H groups in total. The van der Waals surface area contributed by atoms with Gasteiger partial charge < -0.3 is 50.4 Å². The first-order valence-electron chi connectivity index (χ1n) is 13.0. The molecule has 0 bridgehead atoms. The number of fused-ring (bicyclic) bond motifs is 4. The van der Waals surface area contributed by atoms with Crippen LogP contribution in [-0.2, 0) is 37.1 Å². The highest BCUT2D eigenvalue weighted by molar-refractivity contribution is 7.52. The van der Waals surface area contributed by atoms with E-state index in [1.807, 2.05) is 0 Å². The molecule has 24 heteroatoms. The molecule has 4 unspecified atom stereocenters. The summed E-state index contributed by atoms with van der Waals surface area (Å²) >= 11 is 0. The number of rotatable bonds is 2. The van der Waals surface area contributed by atoms with E-state index in [0.717, 1.165) is 10.9 Å². The Morgan fingerprint density at radius 1 is 0.844 bits per heavy atom. The second kappa shape index (κ2) is 10.9. The van der Waals surface area contributed by atoms with Crippen molar-refractivity contribution in [2.24, 2.45) is 0 Å². The van der Waals surface area contributed by atoms with Crippen molar-refractivity contribution in [2.45, 2.75) is 49.5 Å². The van der Waals surface area contributed by atoms with Crippen molar-refractivity contribution in [3.63, 3.8) is 0 Å². The summed E-state index contributed by atoms with van der Waals surface area (Å²) in [6.45, 7) is 0. The van der Waals surface area contributed by atoms with E-state index in [2.05, 4.69) is 24.9 Å². The lowest BCUT2D eigenvalue weighted by atomic mass is 10.2. The van der Waals surface area contributed by atoms with Crippen LogP contribution in [0.1, 0.15) is 12.5 Å². The van der Waals surface area contributed by atoms with E-state index in [9.17, 15) is 33.9 Å². The largest absolute Gasteiger partial charge is 0.397 e. The Balaban J connectivity index is 1.17. The first-order valence-corrected chi connectivity index (χ1v) is 16.5. The Hall–Kier alpha value is -3.37. The molecule has 0 aromatic carbocycles. The Bertz CT molecular complexity index is 1930. The second-order valence-corrected chi connectivity index (χ2v) is 13.8. The van der Waals surface area contributed by atoms with Gasteiger partial charge in [-0.2, -0.15) is 4.98 Å². The molecule has 3 fully saturated rings. The quantitative estimate of drug-likeness (QED) is 0.116. The topological polar surface area (TPSA) is 317 Å². The van der Waals surface area contributed by atoms with Gasteiger partial charge in [0.25, 0.3) is 5.56 Å². The average Bonchev–Trinajstić information content (AvgIpc) is 3.72. The highest BCUT2D eigenvalue weighted by Crippen LogP contribution is 2.53. The monoisotopic (exact) mass is 673 g/mol. The molecule has 3 aliphatic rings. The van der Waals surface area contributed by atoms with Gasteiger partial charge in [-0.3, -0.25) is 37.1 Å². The molecule has 4 aromatic heterocycles. The Morgan fingerprint density at radius 2 is 1.38 bits per heavy atom. The van der Waals surface area contributed by atoms with Gasteiger partial charge >= 0.3 is 15.2 Å². The van der Waals surface area contributed by atoms with Crippen LogP contribution in [-0.4, -0.2) is 104 Å². The number of aliphatic hydroxyl groups excluding tert-OH is 2. The number of aromatic nitrogens is 7. The molecule has 7 rings (SSSR count). The van der Waals surface area contributed by atoms with Gasteiger partial charge in [-0.1, -0.05) is 0 Å². The number of pyridine rings is 1. The SMILES string of the molecule is Nc1nc2c(ncn2[C@@H]2O[C@@H]3OCP(=O)(O)O[C@@H]4C(O)[C@H](n5cnc6c(N)ccnc65)O[C@@H]4OCP(=O)(O)O[C@@H]3C2O)c(=O)[nH]1. The van der Waals surface area contributed by atoms with E-state index >= 15 is 0 Å². The number of hydrogen-bond acceptors (Lipinski definition) is 17. The van der Waals surface area contributed by atoms with Crippen LogP contribution in [0, 0.1) is 0 Å². The molecule has 4 aromatic rings. The maximum absolute atomic E-state index is 13.2. The Labute approximate surface area is 249 Å². The Kier molecular flexibility index (Phi) is 7.32. The van der Waals surface area contributed by atoms with Gasteiger partial charge in [0, 0.05) is 6.20 Å². The first kappa shape index (κ1) is 30.3.